The zero-order chi connectivity index (χ0) is 26.9. The lowest BCUT2D eigenvalue weighted by atomic mass is 10.1. The standard InChI is InChI=1S/C28H23Cl2N5O3/c29-22-5-2-6-23(30)25(22)26(36)34-24(27(37)38)7-1-4-19-8-10-21(11-9-19)35(28-32-14-3-15-33-28)18-20-12-16-31-17-13-20/h1-6,8-17,24H,7,18H2,(H,34,36)(H,37,38)/b4-1+. The van der Waals surface area contributed by atoms with Crippen molar-refractivity contribution in [2.24, 2.45) is 0 Å². The molecule has 4 aromatic rings. The number of nitrogens with one attached hydrogen (secondary N) is 1. The van der Waals surface area contributed by atoms with Gasteiger partial charge in [-0.2, -0.15) is 0 Å². The quantitative estimate of drug-likeness (QED) is 0.258. The summed E-state index contributed by atoms with van der Waals surface area (Å²) in [4.78, 5) is 39.2. The molecule has 0 aliphatic heterocycles. The van der Waals surface area contributed by atoms with Crippen LogP contribution in [0, 0.1) is 0 Å². The summed E-state index contributed by atoms with van der Waals surface area (Å²) in [6, 6.07) is 16.8. The van der Waals surface area contributed by atoms with Crippen LogP contribution < -0.4 is 10.2 Å². The summed E-state index contributed by atoms with van der Waals surface area (Å²) in [6.45, 7) is 0.553. The topological polar surface area (TPSA) is 108 Å². The molecule has 1 unspecified atom stereocenters. The van der Waals surface area contributed by atoms with E-state index in [-0.39, 0.29) is 22.0 Å². The number of rotatable bonds is 10. The van der Waals surface area contributed by atoms with E-state index in [0.29, 0.717) is 12.5 Å². The van der Waals surface area contributed by atoms with Crippen LogP contribution in [0.3, 0.4) is 0 Å². The lowest BCUT2D eigenvalue weighted by Gasteiger charge is -2.22. The Morgan fingerprint density at radius 1 is 0.921 bits per heavy atom. The zero-order valence-electron chi connectivity index (χ0n) is 20.0. The molecule has 2 heterocycles. The number of hydrogen-bond donors (Lipinski definition) is 2. The summed E-state index contributed by atoms with van der Waals surface area (Å²) in [5, 5.41) is 12.4. The van der Waals surface area contributed by atoms with E-state index in [1.807, 2.05) is 41.3 Å². The molecule has 2 aromatic carbocycles. The van der Waals surface area contributed by atoms with Crippen LogP contribution in [0.25, 0.3) is 6.08 Å². The van der Waals surface area contributed by atoms with E-state index in [2.05, 4.69) is 20.3 Å². The third-order valence-corrected chi connectivity index (χ3v) is 6.19. The van der Waals surface area contributed by atoms with Crippen LogP contribution in [0.15, 0.2) is 91.5 Å². The minimum Gasteiger partial charge on any atom is -0.480 e. The second-order valence-electron chi connectivity index (χ2n) is 8.18. The van der Waals surface area contributed by atoms with E-state index in [1.54, 1.807) is 49.1 Å². The molecule has 0 saturated carbocycles. The van der Waals surface area contributed by atoms with E-state index in [4.69, 9.17) is 23.2 Å². The number of carboxylic acid groups (broad SMARTS) is 1. The Morgan fingerprint density at radius 2 is 1.58 bits per heavy atom. The van der Waals surface area contributed by atoms with Gasteiger partial charge in [0.15, 0.2) is 0 Å². The molecule has 8 nitrogen and oxygen atoms in total. The number of benzene rings is 2. The smallest absolute Gasteiger partial charge is 0.326 e. The van der Waals surface area contributed by atoms with Crippen LogP contribution >= 0.6 is 23.2 Å². The normalized spacial score (nSPS) is 11.7. The molecule has 4 rings (SSSR count). The van der Waals surface area contributed by atoms with E-state index in [9.17, 15) is 14.7 Å². The SMILES string of the molecule is O=C(NC(C/C=C/c1ccc(N(Cc2ccncc2)c2ncccn2)cc1)C(=O)O)c1c(Cl)cccc1Cl. The van der Waals surface area contributed by atoms with Crippen molar-refractivity contribution in [1.29, 1.82) is 0 Å². The third-order valence-electron chi connectivity index (χ3n) is 5.56. The number of nitrogens with zero attached hydrogens (tertiary/aromatic N) is 4. The Morgan fingerprint density at radius 3 is 2.21 bits per heavy atom. The van der Waals surface area contributed by atoms with Gasteiger partial charge in [-0.05, 0) is 60.0 Å². The minimum absolute atomic E-state index is 0.0420. The molecule has 2 aromatic heterocycles. The largest absolute Gasteiger partial charge is 0.480 e. The van der Waals surface area contributed by atoms with Gasteiger partial charge in [0.2, 0.25) is 5.95 Å². The van der Waals surface area contributed by atoms with Gasteiger partial charge in [0.25, 0.3) is 5.91 Å². The second kappa shape index (κ2) is 12.8. The van der Waals surface area contributed by atoms with Gasteiger partial charge < -0.3 is 15.3 Å². The van der Waals surface area contributed by atoms with E-state index in [1.165, 1.54) is 12.1 Å². The van der Waals surface area contributed by atoms with Crippen molar-refractivity contribution in [2.75, 3.05) is 4.90 Å². The summed E-state index contributed by atoms with van der Waals surface area (Å²) in [5.74, 6) is -1.26. The average Bonchev–Trinajstić information content (AvgIpc) is 2.92. The van der Waals surface area contributed by atoms with Crippen LogP contribution in [0.4, 0.5) is 11.6 Å². The Balaban J connectivity index is 1.45. The lowest BCUT2D eigenvalue weighted by Crippen LogP contribution is -2.40. The molecule has 0 fully saturated rings. The fourth-order valence-corrected chi connectivity index (χ4v) is 4.22. The number of carbonyl (C=O) groups is 2. The minimum atomic E-state index is -1.17. The van der Waals surface area contributed by atoms with Gasteiger partial charge >= 0.3 is 5.97 Å². The van der Waals surface area contributed by atoms with Crippen LogP contribution in [0.5, 0.6) is 0 Å². The van der Waals surface area contributed by atoms with Crippen LogP contribution in [-0.4, -0.2) is 38.0 Å². The highest BCUT2D eigenvalue weighted by molar-refractivity contribution is 6.39. The Labute approximate surface area is 229 Å². The Kier molecular flexibility index (Phi) is 9.02. The highest BCUT2D eigenvalue weighted by atomic mass is 35.5. The van der Waals surface area contributed by atoms with Crippen LogP contribution in [0.2, 0.25) is 10.0 Å². The van der Waals surface area contributed by atoms with E-state index in [0.717, 1.165) is 16.8 Å². The fourth-order valence-electron chi connectivity index (χ4n) is 3.65. The number of aromatic nitrogens is 3. The van der Waals surface area contributed by atoms with Gasteiger partial charge in [-0.3, -0.25) is 9.78 Å². The molecule has 0 aliphatic carbocycles. The number of anilines is 2. The predicted octanol–water partition coefficient (Wildman–Crippen LogP) is 5.80. The highest BCUT2D eigenvalue weighted by Gasteiger charge is 2.22. The van der Waals surface area contributed by atoms with Crippen LogP contribution in [-0.2, 0) is 11.3 Å². The van der Waals surface area contributed by atoms with Crippen molar-refractivity contribution in [1.82, 2.24) is 20.3 Å². The highest BCUT2D eigenvalue weighted by Crippen LogP contribution is 2.26. The number of hydrogen-bond acceptors (Lipinski definition) is 6. The lowest BCUT2D eigenvalue weighted by molar-refractivity contribution is -0.139. The molecular formula is C28H23Cl2N5O3. The van der Waals surface area contributed by atoms with Crippen LogP contribution in [0.1, 0.15) is 27.9 Å². The third kappa shape index (κ3) is 6.94. The zero-order valence-corrected chi connectivity index (χ0v) is 21.5. The van der Waals surface area contributed by atoms with Gasteiger partial charge in [-0.1, -0.05) is 53.6 Å². The van der Waals surface area contributed by atoms with Gasteiger partial charge in [-0.15, -0.1) is 0 Å². The second-order valence-corrected chi connectivity index (χ2v) is 9.00. The van der Waals surface area contributed by atoms with Crippen molar-refractivity contribution in [2.45, 2.75) is 19.0 Å². The monoisotopic (exact) mass is 547 g/mol. The van der Waals surface area contributed by atoms with Crippen molar-refractivity contribution >= 4 is 52.8 Å². The molecule has 1 amide bonds. The molecule has 38 heavy (non-hydrogen) atoms. The summed E-state index contributed by atoms with van der Waals surface area (Å²) in [6.07, 6.45) is 10.4. The summed E-state index contributed by atoms with van der Waals surface area (Å²) in [5.41, 5.74) is 2.84. The first-order valence-electron chi connectivity index (χ1n) is 11.6. The molecule has 10 heteroatoms. The Hall–Kier alpha value is -4.27. The van der Waals surface area contributed by atoms with E-state index >= 15 is 0 Å². The molecule has 2 N–H and O–H groups in total. The molecule has 0 aliphatic rings. The first kappa shape index (κ1) is 26.8. The molecule has 1 atom stereocenters. The summed E-state index contributed by atoms with van der Waals surface area (Å²) >= 11 is 12.1. The van der Waals surface area contributed by atoms with Gasteiger partial charge in [-0.25, -0.2) is 14.8 Å². The van der Waals surface area contributed by atoms with Gasteiger partial charge in [0.05, 0.1) is 22.2 Å². The maximum atomic E-state index is 12.6. The summed E-state index contributed by atoms with van der Waals surface area (Å²) < 4.78 is 0. The average molecular weight is 548 g/mol. The maximum absolute atomic E-state index is 12.6. The number of carbonyl (C=O) groups excluding carboxylic acids is 1. The predicted molar refractivity (Wildman–Crippen MR) is 148 cm³/mol. The summed E-state index contributed by atoms with van der Waals surface area (Å²) in [7, 11) is 0. The molecule has 0 bridgehead atoms. The fraction of sp³-hybridized carbons (Fsp3) is 0.107. The van der Waals surface area contributed by atoms with E-state index < -0.39 is 17.9 Å². The number of amides is 1. The first-order chi connectivity index (χ1) is 18.4. The Bertz CT molecular complexity index is 1400. The molecule has 0 saturated heterocycles. The van der Waals surface area contributed by atoms with Crippen molar-refractivity contribution < 1.29 is 14.7 Å². The van der Waals surface area contributed by atoms with Gasteiger partial charge in [0.1, 0.15) is 6.04 Å². The maximum Gasteiger partial charge on any atom is 0.326 e. The number of carboxylic acids is 1. The van der Waals surface area contributed by atoms with Crippen molar-refractivity contribution in [3.8, 4) is 0 Å². The molecule has 0 spiro atoms. The molecule has 0 radical (unpaired) electrons. The van der Waals surface area contributed by atoms with Gasteiger partial charge in [0, 0.05) is 30.5 Å². The van der Waals surface area contributed by atoms with Crippen molar-refractivity contribution in [3.63, 3.8) is 0 Å². The first-order valence-corrected chi connectivity index (χ1v) is 12.4. The number of aliphatic carboxylic acids is 1. The number of pyridine rings is 1. The molecular weight excluding hydrogens is 525 g/mol. The molecule has 192 valence electrons. The van der Waals surface area contributed by atoms with Crippen molar-refractivity contribution in [3.05, 3.63) is 118 Å². The number of halogens is 2.